The van der Waals surface area contributed by atoms with Crippen LogP contribution in [0.5, 0.6) is 11.5 Å². The van der Waals surface area contributed by atoms with E-state index in [2.05, 4.69) is 15.6 Å². The SMILES string of the molecule is COc1ccc(-c2nonc2NC(=O)[C@H]2[C@@H](C=C(Cl)Cl)C2(C)C)cc1OC. The van der Waals surface area contributed by atoms with E-state index in [-0.39, 0.29) is 33.5 Å². The number of halogens is 2. The molecular weight excluding hydrogens is 393 g/mol. The molecule has 1 heterocycles. The van der Waals surface area contributed by atoms with E-state index in [0.29, 0.717) is 22.8 Å². The maximum atomic E-state index is 12.7. The van der Waals surface area contributed by atoms with Gasteiger partial charge in [-0.25, -0.2) is 4.63 Å². The van der Waals surface area contributed by atoms with Gasteiger partial charge in [0.05, 0.1) is 20.1 Å². The van der Waals surface area contributed by atoms with Crippen LogP contribution < -0.4 is 14.8 Å². The third kappa shape index (κ3) is 3.75. The van der Waals surface area contributed by atoms with E-state index in [0.717, 1.165) is 0 Å². The van der Waals surface area contributed by atoms with Gasteiger partial charge in [-0.3, -0.25) is 4.79 Å². The van der Waals surface area contributed by atoms with E-state index in [4.69, 9.17) is 37.3 Å². The first-order valence-corrected chi connectivity index (χ1v) is 8.93. The number of aromatic nitrogens is 2. The number of nitrogens with one attached hydrogen (secondary N) is 1. The molecule has 1 amide bonds. The predicted molar refractivity (Wildman–Crippen MR) is 102 cm³/mol. The lowest BCUT2D eigenvalue weighted by molar-refractivity contribution is -0.118. The number of ether oxygens (including phenoxy) is 2. The van der Waals surface area contributed by atoms with Gasteiger partial charge < -0.3 is 14.8 Å². The van der Waals surface area contributed by atoms with E-state index in [1.54, 1.807) is 31.4 Å². The number of amides is 1. The molecular formula is C18H19Cl2N3O4. The van der Waals surface area contributed by atoms with Crippen molar-refractivity contribution in [3.05, 3.63) is 28.8 Å². The average molecular weight is 412 g/mol. The molecule has 9 heteroatoms. The minimum atomic E-state index is -0.278. The molecule has 1 aromatic heterocycles. The van der Waals surface area contributed by atoms with Gasteiger partial charge in [0.1, 0.15) is 4.49 Å². The van der Waals surface area contributed by atoms with Gasteiger partial charge in [-0.1, -0.05) is 37.0 Å². The summed E-state index contributed by atoms with van der Waals surface area (Å²) in [5.74, 6) is 0.811. The van der Waals surface area contributed by atoms with Gasteiger partial charge in [-0.05, 0) is 45.9 Å². The van der Waals surface area contributed by atoms with E-state index in [1.807, 2.05) is 13.8 Å². The summed E-state index contributed by atoms with van der Waals surface area (Å²) in [5, 5.41) is 10.5. The van der Waals surface area contributed by atoms with Crippen LogP contribution >= 0.6 is 23.2 Å². The lowest BCUT2D eigenvalue weighted by Crippen LogP contribution is -2.17. The number of carbonyl (C=O) groups is 1. The highest BCUT2D eigenvalue weighted by atomic mass is 35.5. The Morgan fingerprint density at radius 2 is 1.93 bits per heavy atom. The Morgan fingerprint density at radius 3 is 2.56 bits per heavy atom. The second-order valence-electron chi connectivity index (χ2n) is 6.80. The van der Waals surface area contributed by atoms with Crippen molar-refractivity contribution >= 4 is 34.9 Å². The smallest absolute Gasteiger partial charge is 0.229 e. The van der Waals surface area contributed by atoms with E-state index in [1.165, 1.54) is 7.11 Å². The van der Waals surface area contributed by atoms with Crippen LogP contribution in [0.4, 0.5) is 5.82 Å². The number of hydrogen-bond acceptors (Lipinski definition) is 6. The molecule has 0 spiro atoms. The highest BCUT2D eigenvalue weighted by Gasteiger charge is 2.60. The van der Waals surface area contributed by atoms with Crippen molar-refractivity contribution in [2.75, 3.05) is 19.5 Å². The monoisotopic (exact) mass is 411 g/mol. The van der Waals surface area contributed by atoms with Gasteiger partial charge in [-0.15, -0.1) is 0 Å². The van der Waals surface area contributed by atoms with Gasteiger partial charge in [-0.2, -0.15) is 0 Å². The summed E-state index contributed by atoms with van der Waals surface area (Å²) in [6, 6.07) is 5.24. The zero-order valence-electron chi connectivity index (χ0n) is 15.2. The maximum absolute atomic E-state index is 12.7. The Bertz CT molecular complexity index is 890. The van der Waals surface area contributed by atoms with Crippen LogP contribution in [0.3, 0.4) is 0 Å². The lowest BCUT2D eigenvalue weighted by atomic mass is 10.1. The normalized spacial score (nSPS) is 19.9. The van der Waals surface area contributed by atoms with E-state index < -0.39 is 0 Å². The molecule has 1 fully saturated rings. The molecule has 0 radical (unpaired) electrons. The number of allylic oxidation sites excluding steroid dienone is 1. The molecule has 1 aromatic carbocycles. The first kappa shape index (κ1) is 19.5. The Kier molecular flexibility index (Phi) is 5.35. The summed E-state index contributed by atoms with van der Waals surface area (Å²) in [6.45, 7) is 3.96. The zero-order chi connectivity index (χ0) is 19.8. The number of rotatable bonds is 6. The van der Waals surface area contributed by atoms with Crippen LogP contribution in [-0.2, 0) is 4.79 Å². The van der Waals surface area contributed by atoms with Crippen molar-refractivity contribution in [2.24, 2.45) is 17.3 Å². The van der Waals surface area contributed by atoms with Crippen LogP contribution in [0, 0.1) is 17.3 Å². The van der Waals surface area contributed by atoms with Gasteiger partial charge in [0.15, 0.2) is 17.2 Å². The number of benzene rings is 1. The zero-order valence-corrected chi connectivity index (χ0v) is 16.8. The summed E-state index contributed by atoms with van der Waals surface area (Å²) in [6.07, 6.45) is 1.68. The number of carbonyl (C=O) groups excluding carboxylic acids is 1. The number of anilines is 1. The third-order valence-electron chi connectivity index (χ3n) is 4.89. The van der Waals surface area contributed by atoms with Crippen molar-refractivity contribution in [2.45, 2.75) is 13.8 Å². The highest BCUT2D eigenvalue weighted by Crippen LogP contribution is 2.60. The van der Waals surface area contributed by atoms with Crippen molar-refractivity contribution < 1.29 is 18.9 Å². The molecule has 0 saturated heterocycles. The minimum Gasteiger partial charge on any atom is -0.493 e. The summed E-state index contributed by atoms with van der Waals surface area (Å²) < 4.78 is 15.5. The quantitative estimate of drug-likeness (QED) is 0.762. The van der Waals surface area contributed by atoms with Crippen molar-refractivity contribution in [1.29, 1.82) is 0 Å². The summed E-state index contributed by atoms with van der Waals surface area (Å²) >= 11 is 11.5. The van der Waals surface area contributed by atoms with Gasteiger partial charge in [0.2, 0.25) is 11.7 Å². The standard InChI is InChI=1S/C18H19Cl2N3O4/c1-18(2)10(8-13(19)20)14(18)17(24)21-16-15(22-27-23-16)9-5-6-11(25-3)12(7-9)26-4/h5-8,10,14H,1-4H3,(H,21,23,24)/t10-,14-/m1/s1. The van der Waals surface area contributed by atoms with Crippen molar-refractivity contribution in [3.8, 4) is 22.8 Å². The fourth-order valence-electron chi connectivity index (χ4n) is 3.26. The molecule has 0 unspecified atom stereocenters. The van der Waals surface area contributed by atoms with Crippen LogP contribution in [0.25, 0.3) is 11.3 Å². The van der Waals surface area contributed by atoms with Gasteiger partial charge in [0.25, 0.3) is 0 Å². The molecule has 1 aliphatic rings. The Balaban J connectivity index is 1.82. The Hall–Kier alpha value is -2.25. The Labute approximate surface area is 166 Å². The molecule has 1 N–H and O–H groups in total. The molecule has 2 atom stereocenters. The number of hydrogen-bond donors (Lipinski definition) is 1. The highest BCUT2D eigenvalue weighted by molar-refractivity contribution is 6.55. The fourth-order valence-corrected chi connectivity index (χ4v) is 3.53. The van der Waals surface area contributed by atoms with Crippen LogP contribution in [0.15, 0.2) is 33.4 Å². The first-order chi connectivity index (χ1) is 12.8. The molecule has 1 saturated carbocycles. The van der Waals surface area contributed by atoms with E-state index in [9.17, 15) is 4.79 Å². The largest absolute Gasteiger partial charge is 0.493 e. The minimum absolute atomic E-state index is 0.0492. The van der Waals surface area contributed by atoms with Crippen LogP contribution in [-0.4, -0.2) is 30.4 Å². The molecule has 144 valence electrons. The van der Waals surface area contributed by atoms with Crippen LogP contribution in [0.2, 0.25) is 0 Å². The predicted octanol–water partition coefficient (Wildman–Crippen LogP) is 4.28. The number of methoxy groups -OCH3 is 2. The summed E-state index contributed by atoms with van der Waals surface area (Å²) in [7, 11) is 3.09. The fraction of sp³-hybridized carbons (Fsp3) is 0.389. The van der Waals surface area contributed by atoms with Crippen molar-refractivity contribution in [3.63, 3.8) is 0 Å². The number of nitrogens with zero attached hydrogens (tertiary/aromatic N) is 2. The molecule has 0 aliphatic heterocycles. The first-order valence-electron chi connectivity index (χ1n) is 8.18. The molecule has 0 bridgehead atoms. The summed E-state index contributed by atoms with van der Waals surface area (Å²) in [5.41, 5.74) is 0.810. The van der Waals surface area contributed by atoms with Crippen LogP contribution in [0.1, 0.15) is 13.8 Å². The van der Waals surface area contributed by atoms with Gasteiger partial charge >= 0.3 is 0 Å². The molecule has 1 aliphatic carbocycles. The maximum Gasteiger partial charge on any atom is 0.229 e. The second kappa shape index (κ2) is 7.40. The Morgan fingerprint density at radius 1 is 1.22 bits per heavy atom. The molecule has 3 rings (SSSR count). The summed E-state index contributed by atoms with van der Waals surface area (Å²) in [4.78, 5) is 12.7. The topological polar surface area (TPSA) is 86.5 Å². The van der Waals surface area contributed by atoms with Gasteiger partial charge in [0, 0.05) is 5.56 Å². The lowest BCUT2D eigenvalue weighted by Gasteiger charge is -2.09. The molecule has 7 nitrogen and oxygen atoms in total. The third-order valence-corrected chi connectivity index (χ3v) is 5.14. The van der Waals surface area contributed by atoms with Crippen molar-refractivity contribution in [1.82, 2.24) is 10.3 Å². The second-order valence-corrected chi connectivity index (χ2v) is 7.81. The average Bonchev–Trinajstić information content (AvgIpc) is 2.95. The molecule has 27 heavy (non-hydrogen) atoms. The molecule has 2 aromatic rings. The van der Waals surface area contributed by atoms with E-state index >= 15 is 0 Å².